The monoisotopic (exact) mass is 500 g/mol. The van der Waals surface area contributed by atoms with Crippen LogP contribution >= 0.6 is 0 Å². The van der Waals surface area contributed by atoms with Gasteiger partial charge in [0.2, 0.25) is 0 Å². The molecule has 3 N–H and O–H groups in total. The molecule has 3 aromatic carbocycles. The van der Waals surface area contributed by atoms with E-state index in [9.17, 15) is 14.7 Å². The van der Waals surface area contributed by atoms with Crippen molar-refractivity contribution in [3.8, 4) is 0 Å². The molecule has 37 heavy (non-hydrogen) atoms. The van der Waals surface area contributed by atoms with Crippen molar-refractivity contribution in [2.75, 3.05) is 6.54 Å². The molecule has 0 saturated heterocycles. The van der Waals surface area contributed by atoms with Gasteiger partial charge in [-0.25, -0.2) is 0 Å². The molecule has 0 spiro atoms. The average Bonchev–Trinajstić information content (AvgIpc) is 3.43. The van der Waals surface area contributed by atoms with Crippen molar-refractivity contribution < 1.29 is 14.7 Å². The molecule has 0 radical (unpaired) electrons. The molecular formula is C32H40N2O3. The molecule has 2 fully saturated rings. The van der Waals surface area contributed by atoms with Crippen LogP contribution in [0.15, 0.2) is 72.8 Å². The van der Waals surface area contributed by atoms with Crippen LogP contribution in [0.4, 0.5) is 0 Å². The van der Waals surface area contributed by atoms with Crippen LogP contribution in [0.5, 0.6) is 0 Å². The number of carbonyl (C=O) groups is 2. The summed E-state index contributed by atoms with van der Waals surface area (Å²) in [6.45, 7) is 2.52. The average molecular weight is 501 g/mol. The molecule has 0 heterocycles. The summed E-state index contributed by atoms with van der Waals surface area (Å²) in [5, 5.41) is 18.6. The molecule has 1 unspecified atom stereocenters. The van der Waals surface area contributed by atoms with Crippen molar-refractivity contribution in [3.63, 3.8) is 0 Å². The third kappa shape index (κ3) is 6.98. The molecule has 5 heteroatoms. The molecule has 1 amide bonds. The first-order chi connectivity index (χ1) is 18.0. The summed E-state index contributed by atoms with van der Waals surface area (Å²) in [6.07, 6.45) is 10.0. The van der Waals surface area contributed by atoms with E-state index >= 15 is 0 Å². The van der Waals surface area contributed by atoms with Gasteiger partial charge in [0.05, 0.1) is 5.41 Å². The lowest BCUT2D eigenvalue weighted by molar-refractivity contribution is -0.148. The second-order valence-corrected chi connectivity index (χ2v) is 10.6. The number of benzene rings is 3. The molecule has 0 aliphatic heterocycles. The van der Waals surface area contributed by atoms with Crippen molar-refractivity contribution in [2.24, 2.45) is 5.41 Å². The fourth-order valence-corrected chi connectivity index (χ4v) is 5.80. The van der Waals surface area contributed by atoms with Crippen LogP contribution in [0.2, 0.25) is 0 Å². The predicted octanol–water partition coefficient (Wildman–Crippen LogP) is 6.88. The highest BCUT2D eigenvalue weighted by Gasteiger charge is 2.41. The molecule has 5 nitrogen and oxygen atoms in total. The Kier molecular flexibility index (Phi) is 9.34. The topological polar surface area (TPSA) is 78.4 Å². The number of rotatable bonds is 7. The summed E-state index contributed by atoms with van der Waals surface area (Å²) in [7, 11) is 0. The van der Waals surface area contributed by atoms with Crippen LogP contribution in [-0.2, 0) is 4.79 Å². The van der Waals surface area contributed by atoms with Crippen LogP contribution in [0.25, 0.3) is 10.8 Å². The molecule has 2 aliphatic carbocycles. The minimum atomic E-state index is -0.798. The van der Waals surface area contributed by atoms with Crippen LogP contribution in [0.1, 0.15) is 86.7 Å². The van der Waals surface area contributed by atoms with Crippen LogP contribution < -0.4 is 10.6 Å². The van der Waals surface area contributed by atoms with E-state index in [1.165, 1.54) is 48.4 Å². The van der Waals surface area contributed by atoms with Crippen LogP contribution in [0, 0.1) is 5.41 Å². The summed E-state index contributed by atoms with van der Waals surface area (Å²) in [6, 6.07) is 25.3. The Morgan fingerprint density at radius 3 is 2.22 bits per heavy atom. The first-order valence-electron chi connectivity index (χ1n) is 13.8. The Balaban J connectivity index is 0.000000173. The fraction of sp³-hybridized carbons (Fsp3) is 0.438. The molecule has 196 valence electrons. The van der Waals surface area contributed by atoms with Gasteiger partial charge in [-0.3, -0.25) is 9.59 Å². The van der Waals surface area contributed by atoms with E-state index in [2.05, 4.69) is 60.0 Å². The number of carboxylic acid groups (broad SMARTS) is 1. The maximum absolute atomic E-state index is 11.9. The number of carboxylic acids is 1. The summed E-state index contributed by atoms with van der Waals surface area (Å²) < 4.78 is 0. The zero-order valence-electron chi connectivity index (χ0n) is 21.9. The van der Waals surface area contributed by atoms with Gasteiger partial charge in [0, 0.05) is 24.2 Å². The van der Waals surface area contributed by atoms with Crippen molar-refractivity contribution in [2.45, 2.75) is 76.8 Å². The number of amides is 1. The van der Waals surface area contributed by atoms with E-state index in [-0.39, 0.29) is 12.5 Å². The van der Waals surface area contributed by atoms with Gasteiger partial charge in [0.15, 0.2) is 0 Å². The Hall–Kier alpha value is -3.18. The summed E-state index contributed by atoms with van der Waals surface area (Å²) in [5.74, 6) is -1.00. The second-order valence-electron chi connectivity index (χ2n) is 10.6. The minimum Gasteiger partial charge on any atom is -0.481 e. The molecule has 5 rings (SSSR count). The van der Waals surface area contributed by atoms with E-state index in [1.807, 2.05) is 6.07 Å². The van der Waals surface area contributed by atoms with Crippen molar-refractivity contribution >= 4 is 22.6 Å². The smallest absolute Gasteiger partial charge is 0.311 e. The summed E-state index contributed by atoms with van der Waals surface area (Å²) in [5.41, 5.74) is 1.24. The van der Waals surface area contributed by atoms with Gasteiger partial charge in [-0.05, 0) is 61.1 Å². The lowest BCUT2D eigenvalue weighted by atomic mass is 9.86. The van der Waals surface area contributed by atoms with Gasteiger partial charge in [-0.15, -0.1) is 0 Å². The van der Waals surface area contributed by atoms with E-state index < -0.39 is 11.4 Å². The zero-order valence-corrected chi connectivity index (χ0v) is 21.9. The molecule has 3 aromatic rings. The highest BCUT2D eigenvalue weighted by atomic mass is 16.4. The number of aliphatic carboxylic acids is 1. The number of nitrogens with one attached hydrogen (secondary N) is 2. The van der Waals surface area contributed by atoms with Crippen molar-refractivity contribution in [3.05, 3.63) is 83.9 Å². The SMILES string of the molecule is CC(NC1CCCCC1)c1cccc2ccccc12.O=C(NCC1(C(=O)O)CCCC1)c1ccccc1. The standard InChI is InChI=1S/C18H23N.C14H17NO3/c1-14(19-16-10-3-2-4-11-16)17-13-7-9-15-8-5-6-12-18(15)17;16-12(11-6-2-1-3-7-11)15-10-14(13(17)18)8-4-5-9-14/h5-9,12-14,16,19H,2-4,10-11H2,1H3;1-3,6-7H,4-5,8-10H2,(H,15,16)(H,17,18). The minimum absolute atomic E-state index is 0.205. The third-order valence-corrected chi connectivity index (χ3v) is 8.02. The summed E-state index contributed by atoms with van der Waals surface area (Å²) >= 11 is 0. The van der Waals surface area contributed by atoms with Gasteiger partial charge >= 0.3 is 5.97 Å². The van der Waals surface area contributed by atoms with Gasteiger partial charge in [0.1, 0.15) is 0 Å². The molecule has 0 bridgehead atoms. The summed E-state index contributed by atoms with van der Waals surface area (Å²) in [4.78, 5) is 23.2. The number of fused-ring (bicyclic) bond motifs is 1. The molecule has 2 saturated carbocycles. The predicted molar refractivity (Wildman–Crippen MR) is 150 cm³/mol. The van der Waals surface area contributed by atoms with E-state index in [0.29, 0.717) is 30.5 Å². The highest BCUT2D eigenvalue weighted by Crippen LogP contribution is 2.37. The Morgan fingerprint density at radius 2 is 1.51 bits per heavy atom. The van der Waals surface area contributed by atoms with Crippen LogP contribution in [0.3, 0.4) is 0 Å². The van der Waals surface area contributed by atoms with E-state index in [1.54, 1.807) is 24.3 Å². The molecular weight excluding hydrogens is 460 g/mol. The van der Waals surface area contributed by atoms with Crippen molar-refractivity contribution in [1.29, 1.82) is 0 Å². The van der Waals surface area contributed by atoms with E-state index in [0.717, 1.165) is 12.8 Å². The van der Waals surface area contributed by atoms with E-state index in [4.69, 9.17) is 0 Å². The second kappa shape index (κ2) is 12.9. The highest BCUT2D eigenvalue weighted by molar-refractivity contribution is 5.94. The van der Waals surface area contributed by atoms with Gasteiger partial charge in [-0.1, -0.05) is 92.8 Å². The quantitative estimate of drug-likeness (QED) is 0.330. The first kappa shape index (κ1) is 26.9. The Bertz CT molecular complexity index is 1160. The lowest BCUT2D eigenvalue weighted by Crippen LogP contribution is -2.41. The van der Waals surface area contributed by atoms with Gasteiger partial charge in [-0.2, -0.15) is 0 Å². The number of hydrogen-bond donors (Lipinski definition) is 3. The number of carbonyl (C=O) groups excluding carboxylic acids is 1. The van der Waals surface area contributed by atoms with Crippen LogP contribution in [-0.4, -0.2) is 29.6 Å². The maximum atomic E-state index is 11.9. The van der Waals surface area contributed by atoms with Crippen molar-refractivity contribution in [1.82, 2.24) is 10.6 Å². The third-order valence-electron chi connectivity index (χ3n) is 8.02. The Morgan fingerprint density at radius 1 is 0.865 bits per heavy atom. The number of hydrogen-bond acceptors (Lipinski definition) is 3. The Labute approximate surface area is 220 Å². The molecule has 0 aromatic heterocycles. The largest absolute Gasteiger partial charge is 0.481 e. The maximum Gasteiger partial charge on any atom is 0.311 e. The lowest BCUT2D eigenvalue weighted by Gasteiger charge is -2.27. The zero-order chi connectivity index (χ0) is 26.1. The molecule has 1 atom stereocenters. The fourth-order valence-electron chi connectivity index (χ4n) is 5.80. The van der Waals surface area contributed by atoms with Gasteiger partial charge in [0.25, 0.3) is 5.91 Å². The molecule has 2 aliphatic rings. The first-order valence-corrected chi connectivity index (χ1v) is 13.8. The normalized spacial score (nSPS) is 18.0. The van der Waals surface area contributed by atoms with Gasteiger partial charge < -0.3 is 15.7 Å².